The Morgan fingerprint density at radius 2 is 1.77 bits per heavy atom. The zero-order valence-corrected chi connectivity index (χ0v) is 14.2. The van der Waals surface area contributed by atoms with Crippen molar-refractivity contribution >= 4 is 11.8 Å². The lowest BCUT2D eigenvalue weighted by Gasteiger charge is -2.32. The van der Waals surface area contributed by atoms with E-state index in [9.17, 15) is 5.11 Å². The van der Waals surface area contributed by atoms with Gasteiger partial charge < -0.3 is 19.3 Å². The average molecular weight is 324 g/mol. The van der Waals surface area contributed by atoms with Gasteiger partial charge in [0.05, 0.1) is 27.4 Å². The molecular formula is C17H24O4S. The number of aliphatic hydroxyl groups is 1. The predicted octanol–water partition coefficient (Wildman–Crippen LogP) is 3.52. The van der Waals surface area contributed by atoms with Gasteiger partial charge in [0.25, 0.3) is 0 Å². The second kappa shape index (κ2) is 6.59. The molecule has 2 aliphatic rings. The molecule has 5 heteroatoms. The van der Waals surface area contributed by atoms with E-state index in [1.54, 1.807) is 21.3 Å². The first-order valence-corrected chi connectivity index (χ1v) is 8.88. The molecule has 3 atom stereocenters. The summed E-state index contributed by atoms with van der Waals surface area (Å²) in [5.41, 5.74) is 2.07. The monoisotopic (exact) mass is 324 g/mol. The molecule has 3 rings (SSSR count). The van der Waals surface area contributed by atoms with Crippen LogP contribution in [-0.4, -0.2) is 37.4 Å². The SMILES string of the molecule is COc1cc2c(c(OC)c1OC)[C@@H]1CCCC[C@H]1SC[C@@H]2O. The molecule has 0 bridgehead atoms. The minimum Gasteiger partial charge on any atom is -0.493 e. The van der Waals surface area contributed by atoms with Crippen LogP contribution in [0.4, 0.5) is 0 Å². The molecule has 0 unspecified atom stereocenters. The molecule has 1 heterocycles. The Hall–Kier alpha value is -1.07. The second-order valence-electron chi connectivity index (χ2n) is 5.93. The summed E-state index contributed by atoms with van der Waals surface area (Å²) < 4.78 is 16.7. The van der Waals surface area contributed by atoms with Crippen LogP contribution in [0.2, 0.25) is 0 Å². The van der Waals surface area contributed by atoms with E-state index in [0.717, 1.165) is 29.1 Å². The van der Waals surface area contributed by atoms with Crippen molar-refractivity contribution in [2.45, 2.75) is 43.0 Å². The third-order valence-corrected chi connectivity index (χ3v) is 6.30. The standard InChI is InChI=1S/C17H24O4S/c1-19-13-8-11-12(18)9-22-14-7-5-4-6-10(14)15(11)17(21-3)16(13)20-2/h8,10,12,14,18H,4-7,9H2,1-3H3/t10-,12+,14-/m1/s1. The highest BCUT2D eigenvalue weighted by molar-refractivity contribution is 8.00. The number of thioether (sulfide) groups is 1. The highest BCUT2D eigenvalue weighted by Gasteiger charge is 2.37. The van der Waals surface area contributed by atoms with Crippen LogP contribution in [0.25, 0.3) is 0 Å². The molecule has 0 radical (unpaired) electrons. The number of benzene rings is 1. The van der Waals surface area contributed by atoms with E-state index in [-0.39, 0.29) is 0 Å². The zero-order valence-electron chi connectivity index (χ0n) is 13.4. The van der Waals surface area contributed by atoms with Crippen LogP contribution in [0.15, 0.2) is 6.07 Å². The van der Waals surface area contributed by atoms with Gasteiger partial charge in [-0.1, -0.05) is 12.8 Å². The van der Waals surface area contributed by atoms with Crippen LogP contribution in [-0.2, 0) is 0 Å². The lowest BCUT2D eigenvalue weighted by molar-refractivity contribution is 0.201. The van der Waals surface area contributed by atoms with Crippen LogP contribution < -0.4 is 14.2 Å². The Kier molecular flexibility index (Phi) is 4.73. The van der Waals surface area contributed by atoms with Gasteiger partial charge in [0.2, 0.25) is 5.75 Å². The Bertz CT molecular complexity index is 546. The van der Waals surface area contributed by atoms with Gasteiger partial charge in [-0.05, 0) is 30.4 Å². The van der Waals surface area contributed by atoms with Gasteiger partial charge in [0.15, 0.2) is 11.5 Å². The number of rotatable bonds is 3. The highest BCUT2D eigenvalue weighted by atomic mass is 32.2. The number of aliphatic hydroxyl groups excluding tert-OH is 1. The third kappa shape index (κ3) is 2.54. The van der Waals surface area contributed by atoms with Crippen LogP contribution in [0, 0.1) is 0 Å². The molecule has 1 fully saturated rings. The Morgan fingerprint density at radius 1 is 1.05 bits per heavy atom. The van der Waals surface area contributed by atoms with Gasteiger partial charge in [-0.3, -0.25) is 0 Å². The van der Waals surface area contributed by atoms with E-state index >= 15 is 0 Å². The van der Waals surface area contributed by atoms with Crippen molar-refractivity contribution in [1.29, 1.82) is 0 Å². The topological polar surface area (TPSA) is 47.9 Å². The summed E-state index contributed by atoms with van der Waals surface area (Å²) in [5, 5.41) is 11.2. The number of fused-ring (bicyclic) bond motifs is 3. The maximum Gasteiger partial charge on any atom is 0.203 e. The number of hydrogen-bond donors (Lipinski definition) is 1. The van der Waals surface area contributed by atoms with Crippen LogP contribution in [0.3, 0.4) is 0 Å². The molecule has 0 amide bonds. The molecule has 0 saturated heterocycles. The number of hydrogen-bond acceptors (Lipinski definition) is 5. The largest absolute Gasteiger partial charge is 0.493 e. The molecule has 4 nitrogen and oxygen atoms in total. The second-order valence-corrected chi connectivity index (χ2v) is 7.20. The minimum absolute atomic E-state index is 0.417. The van der Waals surface area contributed by atoms with Gasteiger partial charge in [0, 0.05) is 16.6 Å². The first-order valence-electron chi connectivity index (χ1n) is 7.83. The summed E-state index contributed by atoms with van der Waals surface area (Å²) in [6.07, 6.45) is 4.37. The van der Waals surface area contributed by atoms with Crippen LogP contribution in [0.5, 0.6) is 17.2 Å². The number of methoxy groups -OCH3 is 3. The molecule has 1 aromatic carbocycles. The van der Waals surface area contributed by atoms with E-state index in [0.29, 0.717) is 22.7 Å². The van der Waals surface area contributed by atoms with E-state index < -0.39 is 6.10 Å². The van der Waals surface area contributed by atoms with Gasteiger partial charge in [-0.25, -0.2) is 0 Å². The van der Waals surface area contributed by atoms with Gasteiger partial charge in [0.1, 0.15) is 0 Å². The fraction of sp³-hybridized carbons (Fsp3) is 0.647. The molecule has 1 aromatic rings. The van der Waals surface area contributed by atoms with E-state index in [4.69, 9.17) is 14.2 Å². The molecule has 1 N–H and O–H groups in total. The summed E-state index contributed by atoms with van der Waals surface area (Å²) in [6.45, 7) is 0. The fourth-order valence-corrected chi connectivity index (χ4v) is 5.23. The van der Waals surface area contributed by atoms with E-state index in [1.807, 2.05) is 17.8 Å². The predicted molar refractivity (Wildman–Crippen MR) is 88.5 cm³/mol. The normalized spacial score (nSPS) is 27.4. The third-order valence-electron chi connectivity index (χ3n) is 4.80. The van der Waals surface area contributed by atoms with Crippen molar-refractivity contribution in [2.75, 3.05) is 27.1 Å². The smallest absolute Gasteiger partial charge is 0.203 e. The molecule has 1 aliphatic carbocycles. The highest BCUT2D eigenvalue weighted by Crippen LogP contribution is 2.54. The molecule has 0 spiro atoms. The summed E-state index contributed by atoms with van der Waals surface area (Å²) in [6, 6.07) is 1.93. The van der Waals surface area contributed by atoms with Crippen molar-refractivity contribution in [3.8, 4) is 17.2 Å². The van der Waals surface area contributed by atoms with E-state index in [1.165, 1.54) is 19.3 Å². The molecule has 122 valence electrons. The van der Waals surface area contributed by atoms with E-state index in [2.05, 4.69) is 0 Å². The van der Waals surface area contributed by atoms with Gasteiger partial charge in [-0.2, -0.15) is 11.8 Å². The van der Waals surface area contributed by atoms with Gasteiger partial charge >= 0.3 is 0 Å². The van der Waals surface area contributed by atoms with Crippen LogP contribution in [0.1, 0.15) is 48.8 Å². The van der Waals surface area contributed by atoms with Crippen molar-refractivity contribution < 1.29 is 19.3 Å². The maximum atomic E-state index is 10.6. The summed E-state index contributed by atoms with van der Waals surface area (Å²) in [5.74, 6) is 3.13. The molecule has 1 saturated carbocycles. The van der Waals surface area contributed by atoms with Gasteiger partial charge in [-0.15, -0.1) is 0 Å². The summed E-state index contributed by atoms with van der Waals surface area (Å²) >= 11 is 1.89. The Labute approximate surface area is 136 Å². The zero-order chi connectivity index (χ0) is 15.7. The van der Waals surface area contributed by atoms with Crippen molar-refractivity contribution in [3.63, 3.8) is 0 Å². The van der Waals surface area contributed by atoms with Crippen molar-refractivity contribution in [1.82, 2.24) is 0 Å². The lowest BCUT2D eigenvalue weighted by Crippen LogP contribution is -2.20. The first-order chi connectivity index (χ1) is 10.7. The average Bonchev–Trinajstić information content (AvgIpc) is 2.70. The molecule has 1 aliphatic heterocycles. The first kappa shape index (κ1) is 15.8. The molecule has 0 aromatic heterocycles. The van der Waals surface area contributed by atoms with Crippen LogP contribution >= 0.6 is 11.8 Å². The Balaban J connectivity index is 2.22. The fourth-order valence-electron chi connectivity index (χ4n) is 3.79. The maximum absolute atomic E-state index is 10.6. The van der Waals surface area contributed by atoms with Crippen molar-refractivity contribution in [2.24, 2.45) is 0 Å². The summed E-state index contributed by atoms with van der Waals surface area (Å²) in [4.78, 5) is 0. The lowest BCUT2D eigenvalue weighted by atomic mass is 9.80. The summed E-state index contributed by atoms with van der Waals surface area (Å²) in [7, 11) is 4.91. The molecule has 22 heavy (non-hydrogen) atoms. The number of ether oxygens (including phenoxy) is 3. The quantitative estimate of drug-likeness (QED) is 0.922. The Morgan fingerprint density at radius 3 is 2.45 bits per heavy atom. The molecular weight excluding hydrogens is 300 g/mol. The van der Waals surface area contributed by atoms with Crippen molar-refractivity contribution in [3.05, 3.63) is 17.2 Å². The minimum atomic E-state index is -0.487.